The van der Waals surface area contributed by atoms with Gasteiger partial charge in [-0.1, -0.05) is 44.5 Å². The van der Waals surface area contributed by atoms with E-state index in [-0.39, 0.29) is 17.9 Å². The van der Waals surface area contributed by atoms with Crippen LogP contribution in [0, 0.1) is 6.92 Å². The molecule has 6 nitrogen and oxygen atoms in total. The highest BCUT2D eigenvalue weighted by Crippen LogP contribution is 2.39. The molecular formula is C27H33NO5. The van der Waals surface area contributed by atoms with Gasteiger partial charge in [0.1, 0.15) is 11.5 Å². The van der Waals surface area contributed by atoms with Crippen molar-refractivity contribution in [2.45, 2.75) is 46.1 Å². The van der Waals surface area contributed by atoms with E-state index in [0.29, 0.717) is 18.8 Å². The predicted octanol–water partition coefficient (Wildman–Crippen LogP) is 4.80. The summed E-state index contributed by atoms with van der Waals surface area (Å²) in [5.41, 5.74) is 3.37. The van der Waals surface area contributed by atoms with Gasteiger partial charge in [0.05, 0.1) is 24.8 Å². The van der Waals surface area contributed by atoms with Crippen molar-refractivity contribution in [2.24, 2.45) is 0 Å². The summed E-state index contributed by atoms with van der Waals surface area (Å²) in [7, 11) is 1.55. The molecular weight excluding hydrogens is 418 g/mol. The number of likely N-dealkylation sites (tertiary alicyclic amines) is 1. The number of amides is 1. The molecule has 6 heteroatoms. The quantitative estimate of drug-likeness (QED) is 0.243. The van der Waals surface area contributed by atoms with Crippen LogP contribution in [0.5, 0.6) is 5.75 Å². The van der Waals surface area contributed by atoms with E-state index in [1.807, 2.05) is 31.2 Å². The molecule has 1 amide bonds. The molecule has 0 aromatic heterocycles. The highest BCUT2D eigenvalue weighted by atomic mass is 16.5. The Labute approximate surface area is 195 Å². The number of ether oxygens (including phenoxy) is 2. The molecule has 1 atom stereocenters. The fourth-order valence-electron chi connectivity index (χ4n) is 4.02. The summed E-state index contributed by atoms with van der Waals surface area (Å²) in [6.45, 7) is 7.24. The van der Waals surface area contributed by atoms with Crippen LogP contribution in [0.25, 0.3) is 5.76 Å². The lowest BCUT2D eigenvalue weighted by Crippen LogP contribution is -2.32. The molecule has 0 spiro atoms. The topological polar surface area (TPSA) is 76.1 Å². The van der Waals surface area contributed by atoms with Crippen molar-refractivity contribution in [3.05, 3.63) is 70.3 Å². The van der Waals surface area contributed by atoms with Crippen molar-refractivity contribution >= 4 is 17.4 Å². The maximum absolute atomic E-state index is 13.1. The number of rotatable bonds is 10. The summed E-state index contributed by atoms with van der Waals surface area (Å²) in [6, 6.07) is 12.4. The zero-order valence-corrected chi connectivity index (χ0v) is 19.9. The van der Waals surface area contributed by atoms with E-state index in [2.05, 4.69) is 13.8 Å². The molecule has 3 rings (SSSR count). The Morgan fingerprint density at radius 1 is 1.06 bits per heavy atom. The maximum atomic E-state index is 13.1. The van der Waals surface area contributed by atoms with Crippen LogP contribution in [0.2, 0.25) is 0 Å². The van der Waals surface area contributed by atoms with Gasteiger partial charge >= 0.3 is 0 Å². The number of nitrogens with zero attached hydrogens (tertiary/aromatic N) is 1. The van der Waals surface area contributed by atoms with E-state index in [9.17, 15) is 14.7 Å². The number of benzene rings is 2. The lowest BCUT2D eigenvalue weighted by Gasteiger charge is -2.25. The second-order valence-corrected chi connectivity index (χ2v) is 8.26. The van der Waals surface area contributed by atoms with E-state index >= 15 is 0 Å². The first-order chi connectivity index (χ1) is 15.9. The molecule has 2 aromatic rings. The molecule has 0 radical (unpaired) electrons. The van der Waals surface area contributed by atoms with E-state index < -0.39 is 17.7 Å². The third-order valence-electron chi connectivity index (χ3n) is 5.98. The zero-order chi connectivity index (χ0) is 24.0. The van der Waals surface area contributed by atoms with E-state index in [0.717, 1.165) is 41.7 Å². The Bertz CT molecular complexity index is 1030. The van der Waals surface area contributed by atoms with Crippen LogP contribution in [0.3, 0.4) is 0 Å². The predicted molar refractivity (Wildman–Crippen MR) is 128 cm³/mol. The Hall–Kier alpha value is -3.12. The minimum absolute atomic E-state index is 0.0967. The number of aliphatic hydroxyl groups excluding tert-OH is 1. The number of hydrogen-bond acceptors (Lipinski definition) is 5. The molecule has 33 heavy (non-hydrogen) atoms. The highest BCUT2D eigenvalue weighted by Gasteiger charge is 2.45. The standard InChI is InChI=1S/C27H33NO5/c1-5-7-15-33-22-13-12-21(17-18(22)3)25(29)23-24(20-10-8-19(6-2)9-11-20)28(14-16-32-4)27(31)26(23)30/h8-13,17,24,29H,5-7,14-16H2,1-4H3/b25-23+. The molecule has 1 heterocycles. The number of carbonyl (C=O) groups excluding carboxylic acids is 2. The summed E-state index contributed by atoms with van der Waals surface area (Å²) in [6.07, 6.45) is 2.89. The van der Waals surface area contributed by atoms with Gasteiger partial charge in [-0.3, -0.25) is 9.59 Å². The summed E-state index contributed by atoms with van der Waals surface area (Å²) in [5.74, 6) is -0.753. The molecule has 1 aliphatic heterocycles. The van der Waals surface area contributed by atoms with Crippen LogP contribution >= 0.6 is 0 Å². The first-order valence-electron chi connectivity index (χ1n) is 11.5. The number of methoxy groups -OCH3 is 1. The molecule has 2 aromatic carbocycles. The van der Waals surface area contributed by atoms with Gasteiger partial charge in [0.2, 0.25) is 0 Å². The Balaban J connectivity index is 2.04. The van der Waals surface area contributed by atoms with Crippen molar-refractivity contribution < 1.29 is 24.2 Å². The first-order valence-corrected chi connectivity index (χ1v) is 11.5. The SMILES string of the molecule is CCCCOc1ccc(/C(O)=C2\C(=O)C(=O)N(CCOC)C2c2ccc(CC)cc2)cc1C. The number of ketones is 1. The maximum Gasteiger partial charge on any atom is 0.295 e. The van der Waals surface area contributed by atoms with Crippen molar-refractivity contribution in [3.63, 3.8) is 0 Å². The average Bonchev–Trinajstić information content (AvgIpc) is 3.08. The van der Waals surface area contributed by atoms with Crippen molar-refractivity contribution in [3.8, 4) is 5.75 Å². The normalized spacial score (nSPS) is 17.6. The zero-order valence-electron chi connectivity index (χ0n) is 19.9. The monoisotopic (exact) mass is 451 g/mol. The second-order valence-electron chi connectivity index (χ2n) is 8.26. The summed E-state index contributed by atoms with van der Waals surface area (Å²) in [4.78, 5) is 27.4. The molecule has 1 saturated heterocycles. The molecule has 1 unspecified atom stereocenters. The minimum atomic E-state index is -0.686. The number of aryl methyl sites for hydroxylation is 2. The minimum Gasteiger partial charge on any atom is -0.507 e. The molecule has 176 valence electrons. The fourth-order valence-corrected chi connectivity index (χ4v) is 4.02. The second kappa shape index (κ2) is 11.1. The fraction of sp³-hybridized carbons (Fsp3) is 0.407. The van der Waals surface area contributed by atoms with E-state index in [4.69, 9.17) is 9.47 Å². The molecule has 1 N–H and O–H groups in total. The van der Waals surface area contributed by atoms with Gasteiger partial charge in [-0.15, -0.1) is 0 Å². The van der Waals surface area contributed by atoms with Gasteiger partial charge in [0.15, 0.2) is 0 Å². The van der Waals surface area contributed by atoms with Crippen LogP contribution < -0.4 is 4.74 Å². The molecule has 1 aliphatic rings. The van der Waals surface area contributed by atoms with Crippen LogP contribution in [0.4, 0.5) is 0 Å². The highest BCUT2D eigenvalue weighted by molar-refractivity contribution is 6.46. The van der Waals surface area contributed by atoms with E-state index in [1.54, 1.807) is 25.3 Å². The summed E-state index contributed by atoms with van der Waals surface area (Å²) < 4.78 is 11.0. The number of carbonyl (C=O) groups is 2. The Morgan fingerprint density at radius 2 is 1.79 bits per heavy atom. The van der Waals surface area contributed by atoms with Gasteiger partial charge in [0, 0.05) is 19.2 Å². The van der Waals surface area contributed by atoms with Crippen molar-refractivity contribution in [1.29, 1.82) is 0 Å². The van der Waals surface area contributed by atoms with Crippen LogP contribution in [0.1, 0.15) is 55.0 Å². The van der Waals surface area contributed by atoms with Gasteiger partial charge in [-0.2, -0.15) is 0 Å². The molecule has 1 fully saturated rings. The number of aliphatic hydroxyl groups is 1. The van der Waals surface area contributed by atoms with Gasteiger partial charge < -0.3 is 19.5 Å². The van der Waals surface area contributed by atoms with Crippen LogP contribution in [0.15, 0.2) is 48.0 Å². The lowest BCUT2D eigenvalue weighted by molar-refractivity contribution is -0.140. The number of unbranched alkanes of at least 4 members (excludes halogenated alkanes) is 1. The van der Waals surface area contributed by atoms with Crippen LogP contribution in [-0.2, 0) is 20.7 Å². The largest absolute Gasteiger partial charge is 0.507 e. The van der Waals surface area contributed by atoms with E-state index in [1.165, 1.54) is 4.90 Å². The third kappa shape index (κ3) is 5.28. The van der Waals surface area contributed by atoms with Crippen molar-refractivity contribution in [1.82, 2.24) is 4.90 Å². The first kappa shape index (κ1) is 24.5. The third-order valence-corrected chi connectivity index (χ3v) is 5.98. The van der Waals surface area contributed by atoms with Crippen LogP contribution in [-0.4, -0.2) is 48.6 Å². The van der Waals surface area contributed by atoms with Gasteiger partial charge in [0.25, 0.3) is 11.7 Å². The summed E-state index contributed by atoms with van der Waals surface area (Å²) >= 11 is 0. The molecule has 0 bridgehead atoms. The summed E-state index contributed by atoms with van der Waals surface area (Å²) in [5, 5.41) is 11.2. The Kier molecular flexibility index (Phi) is 8.28. The molecule has 0 aliphatic carbocycles. The lowest BCUT2D eigenvalue weighted by atomic mass is 9.94. The number of hydrogen-bond donors (Lipinski definition) is 1. The molecule has 0 saturated carbocycles. The van der Waals surface area contributed by atoms with Gasteiger partial charge in [-0.05, 0) is 54.7 Å². The number of Topliss-reactive ketones (excluding diaryl/α,β-unsaturated/α-hetero) is 1. The van der Waals surface area contributed by atoms with Gasteiger partial charge in [-0.25, -0.2) is 0 Å². The average molecular weight is 452 g/mol. The Morgan fingerprint density at radius 3 is 2.39 bits per heavy atom. The smallest absolute Gasteiger partial charge is 0.295 e. The van der Waals surface area contributed by atoms with Crippen molar-refractivity contribution in [2.75, 3.05) is 26.9 Å².